The molecule has 0 aliphatic rings. The molecule has 102 valence electrons. The molecule has 0 aromatic carbocycles. The maximum absolute atomic E-state index is 11.2. The summed E-state index contributed by atoms with van der Waals surface area (Å²) in [6.45, 7) is 0.966. The van der Waals surface area contributed by atoms with Crippen LogP contribution in [-0.2, 0) is 9.53 Å². The van der Waals surface area contributed by atoms with Crippen LogP contribution in [0.1, 0.15) is 32.6 Å². The predicted molar refractivity (Wildman–Crippen MR) is 60.2 cm³/mol. The highest BCUT2D eigenvalue weighted by molar-refractivity contribution is 5.69. The summed E-state index contributed by atoms with van der Waals surface area (Å²) in [5.41, 5.74) is 0. The van der Waals surface area contributed by atoms with Crippen LogP contribution in [0.25, 0.3) is 0 Å². The maximum atomic E-state index is 11.2. The summed E-state index contributed by atoms with van der Waals surface area (Å²) in [5, 5.41) is 36.2. The maximum Gasteiger partial charge on any atom is 0.305 e. The molecule has 0 aliphatic carbocycles. The fraction of sp³-hybridized carbons (Fsp3) is 0.909. The van der Waals surface area contributed by atoms with Crippen LogP contribution in [0.5, 0.6) is 0 Å². The summed E-state index contributed by atoms with van der Waals surface area (Å²) in [4.78, 5) is 11.2. The molecule has 0 fully saturated rings. The van der Waals surface area contributed by atoms with Crippen molar-refractivity contribution in [1.82, 2.24) is 0 Å². The molecule has 0 saturated heterocycles. The number of aliphatic hydroxyl groups excluding tert-OH is 4. The van der Waals surface area contributed by atoms with Gasteiger partial charge in [0.2, 0.25) is 0 Å². The van der Waals surface area contributed by atoms with E-state index in [9.17, 15) is 15.0 Å². The molecule has 0 heterocycles. The molecule has 4 N–H and O–H groups in total. The number of ether oxygens (including phenoxy) is 1. The van der Waals surface area contributed by atoms with E-state index in [4.69, 9.17) is 14.9 Å². The van der Waals surface area contributed by atoms with Gasteiger partial charge in [-0.2, -0.15) is 0 Å². The molecular weight excluding hydrogens is 228 g/mol. The van der Waals surface area contributed by atoms with Gasteiger partial charge in [-0.3, -0.25) is 4.79 Å². The Morgan fingerprint density at radius 3 is 2.35 bits per heavy atom. The zero-order valence-electron chi connectivity index (χ0n) is 10.1. The van der Waals surface area contributed by atoms with Crippen LogP contribution < -0.4 is 0 Å². The van der Waals surface area contributed by atoms with Gasteiger partial charge in [-0.15, -0.1) is 0 Å². The molecule has 0 rings (SSSR count). The van der Waals surface area contributed by atoms with Crippen molar-refractivity contribution in [3.8, 4) is 0 Å². The summed E-state index contributed by atoms with van der Waals surface area (Å²) >= 11 is 0. The van der Waals surface area contributed by atoms with Gasteiger partial charge in [0.25, 0.3) is 0 Å². The molecule has 6 heteroatoms. The first-order valence-electron chi connectivity index (χ1n) is 5.83. The van der Waals surface area contributed by atoms with Crippen molar-refractivity contribution in [2.45, 2.75) is 50.9 Å². The van der Waals surface area contributed by atoms with Gasteiger partial charge in [-0.05, 0) is 6.42 Å². The molecule has 0 unspecified atom stereocenters. The van der Waals surface area contributed by atoms with E-state index in [1.165, 1.54) is 0 Å². The van der Waals surface area contributed by atoms with Crippen LogP contribution >= 0.6 is 0 Å². The molecule has 0 bridgehead atoms. The largest absolute Gasteiger partial charge is 0.463 e. The Labute approximate surface area is 101 Å². The Morgan fingerprint density at radius 1 is 1.18 bits per heavy atom. The van der Waals surface area contributed by atoms with Gasteiger partial charge < -0.3 is 25.2 Å². The van der Waals surface area contributed by atoms with Crippen LogP contribution in [-0.4, -0.2) is 57.9 Å². The van der Waals surface area contributed by atoms with E-state index in [1.54, 1.807) is 0 Å². The SMILES string of the molecule is CCCCCC(=O)OC[C@H](O)[C@@H](O)[C@H](O)CO. The average molecular weight is 250 g/mol. The fourth-order valence-corrected chi connectivity index (χ4v) is 1.23. The van der Waals surface area contributed by atoms with E-state index in [1.807, 2.05) is 6.92 Å². The van der Waals surface area contributed by atoms with E-state index in [-0.39, 0.29) is 13.0 Å². The molecule has 0 aliphatic heterocycles. The van der Waals surface area contributed by atoms with Crippen LogP contribution in [0.2, 0.25) is 0 Å². The van der Waals surface area contributed by atoms with Crippen molar-refractivity contribution in [3.05, 3.63) is 0 Å². The minimum absolute atomic E-state index is 0.277. The monoisotopic (exact) mass is 250 g/mol. The normalized spacial score (nSPS) is 16.3. The number of carbonyl (C=O) groups excluding carboxylic acids is 1. The lowest BCUT2D eigenvalue weighted by atomic mass is 10.1. The van der Waals surface area contributed by atoms with Crippen molar-refractivity contribution in [2.75, 3.05) is 13.2 Å². The van der Waals surface area contributed by atoms with Gasteiger partial charge in [0.1, 0.15) is 24.9 Å². The lowest BCUT2D eigenvalue weighted by Crippen LogP contribution is -2.42. The minimum atomic E-state index is -1.52. The topological polar surface area (TPSA) is 107 Å². The number of hydrogen-bond acceptors (Lipinski definition) is 6. The molecule has 0 amide bonds. The fourth-order valence-electron chi connectivity index (χ4n) is 1.23. The molecule has 0 radical (unpaired) electrons. The zero-order valence-corrected chi connectivity index (χ0v) is 10.1. The first-order valence-corrected chi connectivity index (χ1v) is 5.83. The molecule has 0 aromatic rings. The number of unbranched alkanes of at least 4 members (excludes halogenated alkanes) is 2. The summed E-state index contributed by atoms with van der Waals surface area (Å²) in [7, 11) is 0. The quantitative estimate of drug-likeness (QED) is 0.315. The second-order valence-corrected chi connectivity index (χ2v) is 3.95. The predicted octanol–water partition coefficient (Wildman–Crippen LogP) is -0.815. The van der Waals surface area contributed by atoms with Gasteiger partial charge in [0.05, 0.1) is 6.61 Å². The van der Waals surface area contributed by atoms with Gasteiger partial charge in [-0.1, -0.05) is 19.8 Å². The standard InChI is InChI=1S/C11H22O6/c1-2-3-4-5-10(15)17-7-9(14)11(16)8(13)6-12/h8-9,11-14,16H,2-7H2,1H3/t8-,9+,11+/m1/s1. The van der Waals surface area contributed by atoms with Gasteiger partial charge >= 0.3 is 5.97 Å². The first kappa shape index (κ1) is 16.3. The minimum Gasteiger partial charge on any atom is -0.463 e. The van der Waals surface area contributed by atoms with E-state index in [2.05, 4.69) is 0 Å². The van der Waals surface area contributed by atoms with E-state index in [0.29, 0.717) is 0 Å². The molecular formula is C11H22O6. The number of esters is 1. The van der Waals surface area contributed by atoms with Crippen LogP contribution in [0.4, 0.5) is 0 Å². The Morgan fingerprint density at radius 2 is 1.82 bits per heavy atom. The Kier molecular flexibility index (Phi) is 8.97. The third-order valence-corrected chi connectivity index (χ3v) is 2.38. The molecule has 0 saturated carbocycles. The molecule has 0 aromatic heterocycles. The Hall–Kier alpha value is -0.690. The van der Waals surface area contributed by atoms with Crippen LogP contribution in [0.3, 0.4) is 0 Å². The first-order chi connectivity index (χ1) is 8.02. The van der Waals surface area contributed by atoms with Crippen molar-refractivity contribution in [2.24, 2.45) is 0 Å². The van der Waals surface area contributed by atoms with E-state index >= 15 is 0 Å². The van der Waals surface area contributed by atoms with Crippen LogP contribution in [0.15, 0.2) is 0 Å². The summed E-state index contributed by atoms with van der Waals surface area (Å²) < 4.78 is 4.72. The summed E-state index contributed by atoms with van der Waals surface area (Å²) in [5.74, 6) is -0.441. The number of aliphatic hydroxyl groups is 4. The van der Waals surface area contributed by atoms with E-state index in [0.717, 1.165) is 19.3 Å². The molecule has 6 nitrogen and oxygen atoms in total. The van der Waals surface area contributed by atoms with Gasteiger partial charge in [0, 0.05) is 6.42 Å². The van der Waals surface area contributed by atoms with Crippen molar-refractivity contribution < 1.29 is 30.0 Å². The lowest BCUT2D eigenvalue weighted by molar-refractivity contribution is -0.152. The van der Waals surface area contributed by atoms with Crippen LogP contribution in [0, 0.1) is 0 Å². The highest BCUT2D eigenvalue weighted by Gasteiger charge is 2.25. The second-order valence-electron chi connectivity index (χ2n) is 3.95. The molecule has 17 heavy (non-hydrogen) atoms. The highest BCUT2D eigenvalue weighted by atomic mass is 16.5. The van der Waals surface area contributed by atoms with Crippen molar-refractivity contribution in [3.63, 3.8) is 0 Å². The number of carbonyl (C=O) groups is 1. The lowest BCUT2D eigenvalue weighted by Gasteiger charge is -2.21. The van der Waals surface area contributed by atoms with Crippen molar-refractivity contribution in [1.29, 1.82) is 0 Å². The van der Waals surface area contributed by atoms with E-state index < -0.39 is 30.9 Å². The highest BCUT2D eigenvalue weighted by Crippen LogP contribution is 2.04. The van der Waals surface area contributed by atoms with Crippen molar-refractivity contribution >= 4 is 5.97 Å². The Balaban J connectivity index is 3.75. The smallest absolute Gasteiger partial charge is 0.305 e. The van der Waals surface area contributed by atoms with Gasteiger partial charge in [-0.25, -0.2) is 0 Å². The molecule has 0 spiro atoms. The second kappa shape index (κ2) is 9.35. The number of rotatable bonds is 9. The zero-order chi connectivity index (χ0) is 13.3. The third-order valence-electron chi connectivity index (χ3n) is 2.38. The Bertz CT molecular complexity index is 208. The number of hydrogen-bond donors (Lipinski definition) is 4. The average Bonchev–Trinajstić information content (AvgIpc) is 2.34. The summed E-state index contributed by atoms with van der Waals surface area (Å²) in [6, 6.07) is 0. The summed E-state index contributed by atoms with van der Waals surface area (Å²) in [6.07, 6.45) is -1.42. The third kappa shape index (κ3) is 7.27. The molecule has 3 atom stereocenters. The van der Waals surface area contributed by atoms with Gasteiger partial charge in [0.15, 0.2) is 0 Å².